The molecule has 1 atom stereocenters. The van der Waals surface area contributed by atoms with Gasteiger partial charge in [0.1, 0.15) is 10.6 Å². The van der Waals surface area contributed by atoms with E-state index in [2.05, 4.69) is 15.0 Å². The van der Waals surface area contributed by atoms with E-state index in [-0.39, 0.29) is 29.8 Å². The van der Waals surface area contributed by atoms with Crippen molar-refractivity contribution in [2.75, 3.05) is 13.7 Å². The van der Waals surface area contributed by atoms with Crippen molar-refractivity contribution in [1.82, 2.24) is 15.0 Å². The normalized spacial score (nSPS) is 12.4. The summed E-state index contributed by atoms with van der Waals surface area (Å²) >= 11 is 0. The quantitative estimate of drug-likeness (QED) is 0.743. The molecule has 25 heavy (non-hydrogen) atoms. The Labute approximate surface area is 147 Å². The molecule has 0 saturated carbocycles. The van der Waals surface area contributed by atoms with Crippen molar-refractivity contribution in [3.63, 3.8) is 0 Å². The fraction of sp³-hybridized carbons (Fsp3) is 0.294. The van der Waals surface area contributed by atoms with E-state index in [0.717, 1.165) is 5.56 Å². The molecule has 0 saturated heterocycles. The highest BCUT2D eigenvalue weighted by Crippen LogP contribution is 2.24. The summed E-state index contributed by atoms with van der Waals surface area (Å²) in [5.41, 5.74) is 0.856. The zero-order valence-electron chi connectivity index (χ0n) is 14.1. The molecule has 7 nitrogen and oxygen atoms in total. The van der Waals surface area contributed by atoms with Gasteiger partial charge in [-0.2, -0.15) is 0 Å². The summed E-state index contributed by atoms with van der Waals surface area (Å²) in [5.74, 6) is 0.430. The Morgan fingerprint density at radius 1 is 1.24 bits per heavy atom. The Bertz CT molecular complexity index is 810. The molecule has 1 heterocycles. The predicted molar refractivity (Wildman–Crippen MR) is 93.6 cm³/mol. The molecule has 0 fully saturated rings. The maximum absolute atomic E-state index is 12.0. The van der Waals surface area contributed by atoms with Crippen LogP contribution in [0.25, 0.3) is 0 Å². The molecular formula is C17H21N3O4S. The Hall–Kier alpha value is -2.45. The molecule has 1 unspecified atom stereocenters. The van der Waals surface area contributed by atoms with Crippen LogP contribution in [0.15, 0.2) is 53.7 Å². The molecule has 0 aliphatic carbocycles. The molecule has 0 bridgehead atoms. The first-order valence-corrected chi connectivity index (χ1v) is 9.24. The molecular weight excluding hydrogens is 342 g/mol. The minimum Gasteiger partial charge on any atom is -0.496 e. The van der Waals surface area contributed by atoms with Gasteiger partial charge in [0.05, 0.1) is 13.2 Å². The third kappa shape index (κ3) is 5.27. The van der Waals surface area contributed by atoms with Crippen molar-refractivity contribution in [3.05, 3.63) is 54.4 Å². The van der Waals surface area contributed by atoms with Crippen LogP contribution in [0, 0.1) is 0 Å². The number of methoxy groups -OCH3 is 1. The van der Waals surface area contributed by atoms with Crippen molar-refractivity contribution < 1.29 is 17.9 Å². The van der Waals surface area contributed by atoms with Gasteiger partial charge in [0.15, 0.2) is 0 Å². The standard InChI is InChI=1S/C17H21N3O4S/c1-13(15-7-3-4-8-16(15)24-2)20-17(21)9-11-19-25(22,23)14-6-5-10-18-12-14/h3-8,10,12-13,19H,9,11H2,1-2H3,(H,20,21). The fourth-order valence-electron chi connectivity index (χ4n) is 2.30. The zero-order valence-corrected chi connectivity index (χ0v) is 14.9. The number of carbonyl (C=O) groups is 1. The lowest BCUT2D eigenvalue weighted by Crippen LogP contribution is -2.32. The van der Waals surface area contributed by atoms with Gasteiger partial charge in [0.2, 0.25) is 15.9 Å². The molecule has 8 heteroatoms. The van der Waals surface area contributed by atoms with E-state index in [9.17, 15) is 13.2 Å². The van der Waals surface area contributed by atoms with Crippen LogP contribution in [0.1, 0.15) is 24.9 Å². The lowest BCUT2D eigenvalue weighted by Gasteiger charge is -2.17. The van der Waals surface area contributed by atoms with Gasteiger partial charge in [-0.05, 0) is 25.1 Å². The zero-order chi connectivity index (χ0) is 18.3. The van der Waals surface area contributed by atoms with Crippen molar-refractivity contribution in [2.45, 2.75) is 24.3 Å². The number of hydrogen-bond acceptors (Lipinski definition) is 5. The summed E-state index contributed by atoms with van der Waals surface area (Å²) in [7, 11) is -2.09. The van der Waals surface area contributed by atoms with Gasteiger partial charge in [-0.25, -0.2) is 13.1 Å². The molecule has 2 rings (SSSR count). The molecule has 1 aromatic carbocycles. The first kappa shape index (κ1) is 18.9. The van der Waals surface area contributed by atoms with E-state index in [1.165, 1.54) is 24.5 Å². The monoisotopic (exact) mass is 363 g/mol. The first-order valence-electron chi connectivity index (χ1n) is 7.76. The summed E-state index contributed by atoms with van der Waals surface area (Å²) in [6.07, 6.45) is 2.77. The number of aromatic nitrogens is 1. The summed E-state index contributed by atoms with van der Waals surface area (Å²) in [4.78, 5) is 15.9. The average Bonchev–Trinajstić information content (AvgIpc) is 2.62. The van der Waals surface area contributed by atoms with E-state index >= 15 is 0 Å². The highest BCUT2D eigenvalue weighted by molar-refractivity contribution is 7.89. The van der Waals surface area contributed by atoms with Crippen molar-refractivity contribution in [3.8, 4) is 5.75 Å². The van der Waals surface area contributed by atoms with Gasteiger partial charge in [-0.3, -0.25) is 9.78 Å². The predicted octanol–water partition coefficient (Wildman–Crippen LogP) is 1.64. The fourth-order valence-corrected chi connectivity index (χ4v) is 3.30. The number of sulfonamides is 1. The van der Waals surface area contributed by atoms with Crippen molar-refractivity contribution >= 4 is 15.9 Å². The molecule has 0 radical (unpaired) electrons. The van der Waals surface area contributed by atoms with E-state index in [4.69, 9.17) is 4.74 Å². The Balaban J connectivity index is 1.87. The molecule has 0 aliphatic heterocycles. The number of benzene rings is 1. The lowest BCUT2D eigenvalue weighted by atomic mass is 10.1. The molecule has 2 aromatic rings. The van der Waals surface area contributed by atoms with Crippen LogP contribution < -0.4 is 14.8 Å². The number of amides is 1. The maximum Gasteiger partial charge on any atom is 0.242 e. The third-order valence-electron chi connectivity index (χ3n) is 3.57. The van der Waals surface area contributed by atoms with Gasteiger partial charge in [0, 0.05) is 30.9 Å². The van der Waals surface area contributed by atoms with Crippen molar-refractivity contribution in [2.24, 2.45) is 0 Å². The van der Waals surface area contributed by atoms with Crippen molar-refractivity contribution in [1.29, 1.82) is 0 Å². The Morgan fingerprint density at radius 2 is 2.00 bits per heavy atom. The van der Waals surface area contributed by atoms with Crippen LogP contribution in [0.2, 0.25) is 0 Å². The van der Waals surface area contributed by atoms with E-state index in [0.29, 0.717) is 5.75 Å². The highest BCUT2D eigenvalue weighted by atomic mass is 32.2. The number of rotatable bonds is 8. The van der Waals surface area contributed by atoms with Crippen LogP contribution in [-0.4, -0.2) is 33.0 Å². The number of ether oxygens (including phenoxy) is 1. The molecule has 0 spiro atoms. The second-order valence-electron chi connectivity index (χ2n) is 5.37. The molecule has 2 N–H and O–H groups in total. The number of carbonyl (C=O) groups excluding carboxylic acids is 1. The number of nitrogens with zero attached hydrogens (tertiary/aromatic N) is 1. The second kappa shape index (κ2) is 8.59. The second-order valence-corrected chi connectivity index (χ2v) is 7.13. The van der Waals surface area contributed by atoms with E-state index < -0.39 is 10.0 Å². The van der Waals surface area contributed by atoms with Gasteiger partial charge in [-0.1, -0.05) is 18.2 Å². The van der Waals surface area contributed by atoms with Crippen LogP contribution in [0.5, 0.6) is 5.75 Å². The molecule has 1 aromatic heterocycles. The summed E-state index contributed by atoms with van der Waals surface area (Å²) < 4.78 is 31.7. The van der Waals surface area contributed by atoms with Gasteiger partial charge >= 0.3 is 0 Å². The van der Waals surface area contributed by atoms with Crippen LogP contribution in [0.4, 0.5) is 0 Å². The van der Waals surface area contributed by atoms with E-state index in [1.807, 2.05) is 31.2 Å². The minimum atomic E-state index is -3.66. The smallest absolute Gasteiger partial charge is 0.242 e. The van der Waals surface area contributed by atoms with Crippen LogP contribution in [0.3, 0.4) is 0 Å². The summed E-state index contributed by atoms with van der Waals surface area (Å²) in [6.45, 7) is 1.84. The van der Waals surface area contributed by atoms with Crippen LogP contribution in [-0.2, 0) is 14.8 Å². The van der Waals surface area contributed by atoms with E-state index in [1.54, 1.807) is 7.11 Å². The molecule has 1 amide bonds. The SMILES string of the molecule is COc1ccccc1C(C)NC(=O)CCNS(=O)(=O)c1cccnc1. The Morgan fingerprint density at radius 3 is 2.68 bits per heavy atom. The van der Waals surface area contributed by atoms with Gasteiger partial charge in [-0.15, -0.1) is 0 Å². The lowest BCUT2D eigenvalue weighted by molar-refractivity contribution is -0.121. The third-order valence-corrected chi connectivity index (χ3v) is 5.02. The van der Waals surface area contributed by atoms with Crippen LogP contribution >= 0.6 is 0 Å². The average molecular weight is 363 g/mol. The number of hydrogen-bond donors (Lipinski definition) is 2. The largest absolute Gasteiger partial charge is 0.496 e. The minimum absolute atomic E-state index is 0.00169. The maximum atomic E-state index is 12.0. The summed E-state index contributed by atoms with van der Waals surface area (Å²) in [5, 5.41) is 2.83. The van der Waals surface area contributed by atoms with Gasteiger partial charge < -0.3 is 10.1 Å². The van der Waals surface area contributed by atoms with Gasteiger partial charge in [0.25, 0.3) is 0 Å². The Kier molecular flexibility index (Phi) is 6.49. The molecule has 134 valence electrons. The topological polar surface area (TPSA) is 97.4 Å². The number of para-hydroxylation sites is 1. The first-order chi connectivity index (χ1) is 11.9. The highest BCUT2D eigenvalue weighted by Gasteiger charge is 2.16. The summed E-state index contributed by atoms with van der Waals surface area (Å²) in [6, 6.07) is 10.1. The number of nitrogens with one attached hydrogen (secondary N) is 2. The molecule has 0 aliphatic rings. The number of pyridine rings is 1.